The second-order valence-electron chi connectivity index (χ2n) is 7.38. The van der Waals surface area contributed by atoms with E-state index in [4.69, 9.17) is 14.2 Å². The number of hydrogen-bond donors (Lipinski definition) is 1. The Morgan fingerprint density at radius 3 is 2.07 bits per heavy atom. The largest absolute Gasteiger partial charge is 0.462 e. The molecule has 0 saturated carbocycles. The van der Waals surface area contributed by atoms with E-state index in [1.165, 1.54) is 0 Å². The molecule has 28 heavy (non-hydrogen) atoms. The Morgan fingerprint density at radius 1 is 0.929 bits per heavy atom. The maximum absolute atomic E-state index is 11.9. The first-order valence-corrected chi connectivity index (χ1v) is 9.98. The number of hydrogen-bond acceptors (Lipinski definition) is 6. The first-order valence-electron chi connectivity index (χ1n) is 9.98. The lowest BCUT2D eigenvalue weighted by atomic mass is 9.89. The molecule has 0 aromatic carbocycles. The number of carbonyl (C=O) groups excluding carboxylic acids is 3. The number of carbonyl (C=O) groups is 3. The van der Waals surface area contributed by atoms with E-state index in [2.05, 4.69) is 11.9 Å². The zero-order valence-corrected chi connectivity index (χ0v) is 17.9. The zero-order chi connectivity index (χ0) is 21.4. The Kier molecular flexibility index (Phi) is 14.3. The van der Waals surface area contributed by atoms with Crippen LogP contribution in [-0.2, 0) is 28.6 Å². The smallest absolute Gasteiger partial charge is 0.333 e. The van der Waals surface area contributed by atoms with Gasteiger partial charge in [0.05, 0.1) is 26.4 Å². The van der Waals surface area contributed by atoms with Gasteiger partial charge in [0.1, 0.15) is 5.78 Å². The fourth-order valence-electron chi connectivity index (χ4n) is 2.01. The highest BCUT2D eigenvalue weighted by Gasteiger charge is 2.24. The van der Waals surface area contributed by atoms with Crippen molar-refractivity contribution in [3.63, 3.8) is 0 Å². The topological polar surface area (TPSA) is 90.9 Å². The van der Waals surface area contributed by atoms with Gasteiger partial charge < -0.3 is 19.5 Å². The number of ketones is 1. The lowest BCUT2D eigenvalue weighted by molar-refractivity contribution is -0.139. The van der Waals surface area contributed by atoms with E-state index in [-0.39, 0.29) is 23.7 Å². The van der Waals surface area contributed by atoms with Crippen molar-refractivity contribution in [1.29, 1.82) is 0 Å². The standard InChI is InChI=1S/C21H37NO6/c1-6-21(4,5)20(25)22-11-14-27-16-15-26-12-7-9-18(23)10-8-13-28-19(24)17(2)3/h2,6-16H2,1,3-5H3,(H,22,25). The highest BCUT2D eigenvalue weighted by molar-refractivity contribution is 5.87. The molecule has 0 saturated heterocycles. The van der Waals surface area contributed by atoms with Crippen LogP contribution in [0.1, 0.15) is 59.8 Å². The van der Waals surface area contributed by atoms with Gasteiger partial charge in [-0.3, -0.25) is 9.59 Å². The zero-order valence-electron chi connectivity index (χ0n) is 17.9. The van der Waals surface area contributed by atoms with Gasteiger partial charge in [0.15, 0.2) is 0 Å². The second-order valence-corrected chi connectivity index (χ2v) is 7.38. The van der Waals surface area contributed by atoms with E-state index in [1.54, 1.807) is 6.92 Å². The molecule has 0 spiro atoms. The van der Waals surface area contributed by atoms with Crippen LogP contribution < -0.4 is 5.32 Å². The summed E-state index contributed by atoms with van der Waals surface area (Å²) in [4.78, 5) is 34.7. The average Bonchev–Trinajstić information content (AvgIpc) is 2.65. The summed E-state index contributed by atoms with van der Waals surface area (Å²) in [6, 6.07) is 0. The van der Waals surface area contributed by atoms with E-state index < -0.39 is 5.97 Å². The van der Waals surface area contributed by atoms with Crippen molar-refractivity contribution < 1.29 is 28.6 Å². The van der Waals surface area contributed by atoms with Crippen molar-refractivity contribution in [1.82, 2.24) is 5.32 Å². The number of ether oxygens (including phenoxy) is 3. The third kappa shape index (κ3) is 13.4. The normalized spacial score (nSPS) is 11.1. The van der Waals surface area contributed by atoms with E-state index in [0.717, 1.165) is 6.42 Å². The fraction of sp³-hybridized carbons (Fsp3) is 0.762. The fourth-order valence-corrected chi connectivity index (χ4v) is 2.01. The van der Waals surface area contributed by atoms with Gasteiger partial charge in [0, 0.05) is 37.0 Å². The number of Topliss-reactive ketones (excluding diaryl/α,β-unsaturated/α-hetero) is 1. The maximum Gasteiger partial charge on any atom is 0.333 e. The summed E-state index contributed by atoms with van der Waals surface area (Å²) in [5, 5.41) is 2.86. The Labute approximate surface area is 169 Å². The lowest BCUT2D eigenvalue weighted by Crippen LogP contribution is -2.38. The molecule has 0 aliphatic carbocycles. The maximum atomic E-state index is 11.9. The van der Waals surface area contributed by atoms with Gasteiger partial charge >= 0.3 is 5.97 Å². The number of nitrogens with one attached hydrogen (secondary N) is 1. The summed E-state index contributed by atoms with van der Waals surface area (Å²) < 4.78 is 15.8. The quantitative estimate of drug-likeness (QED) is 0.230. The number of rotatable bonds is 17. The highest BCUT2D eigenvalue weighted by atomic mass is 16.5. The number of amides is 1. The van der Waals surface area contributed by atoms with Crippen molar-refractivity contribution in [2.75, 3.05) is 39.6 Å². The average molecular weight is 400 g/mol. The van der Waals surface area contributed by atoms with Gasteiger partial charge in [-0.2, -0.15) is 0 Å². The molecule has 0 heterocycles. The molecule has 7 nitrogen and oxygen atoms in total. The van der Waals surface area contributed by atoms with Crippen molar-refractivity contribution in [3.05, 3.63) is 12.2 Å². The number of esters is 1. The van der Waals surface area contributed by atoms with E-state index in [1.807, 2.05) is 20.8 Å². The molecule has 0 fully saturated rings. The molecular formula is C21H37NO6. The predicted octanol–water partition coefficient (Wildman–Crippen LogP) is 2.82. The van der Waals surface area contributed by atoms with Gasteiger partial charge in [-0.05, 0) is 26.2 Å². The first kappa shape index (κ1) is 26.3. The minimum absolute atomic E-state index is 0.0356. The molecule has 0 rings (SSSR count). The molecule has 1 N–H and O–H groups in total. The van der Waals surface area contributed by atoms with Crippen LogP contribution >= 0.6 is 0 Å². The molecule has 0 bridgehead atoms. The molecule has 0 aliphatic rings. The van der Waals surface area contributed by atoms with Crippen LogP contribution in [0, 0.1) is 5.41 Å². The van der Waals surface area contributed by atoms with Crippen LogP contribution in [0.3, 0.4) is 0 Å². The molecule has 0 aromatic heterocycles. The van der Waals surface area contributed by atoms with Gasteiger partial charge in [-0.25, -0.2) is 4.79 Å². The molecule has 0 atom stereocenters. The van der Waals surface area contributed by atoms with Crippen LogP contribution in [0.25, 0.3) is 0 Å². The van der Waals surface area contributed by atoms with Gasteiger partial charge in [0.2, 0.25) is 5.91 Å². The van der Waals surface area contributed by atoms with Crippen LogP contribution in [0.15, 0.2) is 12.2 Å². The second kappa shape index (κ2) is 15.2. The first-order chi connectivity index (χ1) is 13.2. The third-order valence-electron chi connectivity index (χ3n) is 4.33. The molecular weight excluding hydrogens is 362 g/mol. The summed E-state index contributed by atoms with van der Waals surface area (Å²) in [7, 11) is 0. The van der Waals surface area contributed by atoms with Crippen molar-refractivity contribution >= 4 is 17.7 Å². The lowest BCUT2D eigenvalue weighted by Gasteiger charge is -2.21. The summed E-state index contributed by atoms with van der Waals surface area (Å²) >= 11 is 0. The highest BCUT2D eigenvalue weighted by Crippen LogP contribution is 2.18. The van der Waals surface area contributed by atoms with Gasteiger partial charge in [-0.1, -0.05) is 27.4 Å². The SMILES string of the molecule is C=C(C)C(=O)OCCCC(=O)CCCOCCOCCNC(=O)C(C)(C)CC. The van der Waals surface area contributed by atoms with Crippen LogP contribution in [0.5, 0.6) is 0 Å². The summed E-state index contributed by atoms with van der Waals surface area (Å²) in [6.07, 6.45) is 2.82. The van der Waals surface area contributed by atoms with Crippen LogP contribution in [0.2, 0.25) is 0 Å². The van der Waals surface area contributed by atoms with E-state index in [9.17, 15) is 14.4 Å². The van der Waals surface area contributed by atoms with Gasteiger partial charge in [-0.15, -0.1) is 0 Å². The molecule has 1 amide bonds. The Hall–Kier alpha value is -1.73. The molecule has 162 valence electrons. The van der Waals surface area contributed by atoms with E-state index in [0.29, 0.717) is 64.2 Å². The van der Waals surface area contributed by atoms with E-state index >= 15 is 0 Å². The van der Waals surface area contributed by atoms with Gasteiger partial charge in [0.25, 0.3) is 0 Å². The molecule has 0 radical (unpaired) electrons. The molecule has 7 heteroatoms. The summed E-state index contributed by atoms with van der Waals surface area (Å²) in [5.41, 5.74) is 0.00737. The predicted molar refractivity (Wildman–Crippen MR) is 108 cm³/mol. The third-order valence-corrected chi connectivity index (χ3v) is 4.33. The Bertz CT molecular complexity index is 501. The van der Waals surface area contributed by atoms with Crippen molar-refractivity contribution in [2.24, 2.45) is 5.41 Å². The van der Waals surface area contributed by atoms with Crippen LogP contribution in [-0.4, -0.2) is 57.2 Å². The Morgan fingerprint density at radius 2 is 1.50 bits per heavy atom. The Balaban J connectivity index is 3.43. The minimum Gasteiger partial charge on any atom is -0.462 e. The van der Waals surface area contributed by atoms with Crippen LogP contribution in [0.4, 0.5) is 0 Å². The molecule has 0 aliphatic heterocycles. The summed E-state index contributed by atoms with van der Waals surface area (Å²) in [6.45, 7) is 13.5. The van der Waals surface area contributed by atoms with Crippen molar-refractivity contribution in [2.45, 2.75) is 59.8 Å². The minimum atomic E-state index is -0.421. The monoisotopic (exact) mass is 399 g/mol. The molecule has 0 unspecified atom stereocenters. The van der Waals surface area contributed by atoms with Crippen molar-refractivity contribution in [3.8, 4) is 0 Å². The molecule has 0 aromatic rings. The summed E-state index contributed by atoms with van der Waals surface area (Å²) in [5.74, 6) is -0.249.